The highest BCUT2D eigenvalue weighted by atomic mass is 16.5. The lowest BCUT2D eigenvalue weighted by molar-refractivity contribution is -0.139. The van der Waals surface area contributed by atoms with E-state index in [0.717, 1.165) is 16.7 Å². The lowest BCUT2D eigenvalue weighted by Crippen LogP contribution is -2.43. The van der Waals surface area contributed by atoms with Gasteiger partial charge in [0.15, 0.2) is 0 Å². The molecule has 0 bridgehead atoms. The largest absolute Gasteiger partial charge is 0.391 e. The van der Waals surface area contributed by atoms with Crippen LogP contribution >= 0.6 is 0 Å². The Morgan fingerprint density at radius 2 is 1.38 bits per heavy atom. The number of benzene rings is 3. The minimum absolute atomic E-state index is 0.103. The van der Waals surface area contributed by atoms with Gasteiger partial charge in [0.1, 0.15) is 0 Å². The Morgan fingerprint density at radius 3 is 1.97 bits per heavy atom. The van der Waals surface area contributed by atoms with E-state index < -0.39 is 24.2 Å². The Hall–Kier alpha value is -2.99. The molecule has 0 fully saturated rings. The Bertz CT molecular complexity index is 981. The highest BCUT2D eigenvalue weighted by Gasteiger charge is 2.30. The summed E-state index contributed by atoms with van der Waals surface area (Å²) in [6.07, 6.45) is -0.787. The van der Waals surface area contributed by atoms with Gasteiger partial charge in [0.2, 0.25) is 5.91 Å². The first-order chi connectivity index (χ1) is 16.5. The van der Waals surface area contributed by atoms with E-state index in [1.807, 2.05) is 97.9 Å². The number of aliphatic hydroxyl groups excluding tert-OH is 2. The summed E-state index contributed by atoms with van der Waals surface area (Å²) in [5.74, 6) is -0.540. The van der Waals surface area contributed by atoms with E-state index in [1.54, 1.807) is 11.9 Å². The number of carbonyl (C=O) groups is 1. The molecule has 0 heterocycles. The highest BCUT2D eigenvalue weighted by Crippen LogP contribution is 2.24. The van der Waals surface area contributed by atoms with Crippen LogP contribution < -0.4 is 0 Å². The summed E-state index contributed by atoms with van der Waals surface area (Å²) >= 11 is 0. The maximum absolute atomic E-state index is 13.5. The van der Waals surface area contributed by atoms with Crippen LogP contribution in [0, 0.1) is 5.92 Å². The zero-order chi connectivity index (χ0) is 24.3. The summed E-state index contributed by atoms with van der Waals surface area (Å²) in [6, 6.07) is 28.5. The van der Waals surface area contributed by atoms with Gasteiger partial charge in [-0.2, -0.15) is 0 Å². The lowest BCUT2D eigenvalue weighted by atomic mass is 9.91. The number of aliphatic hydroxyl groups is 2. The normalized spacial score (nSPS) is 14.7. The number of nitrogens with zero attached hydrogens (tertiary/aromatic N) is 1. The summed E-state index contributed by atoms with van der Waals surface area (Å²) < 4.78 is 5.70. The summed E-state index contributed by atoms with van der Waals surface area (Å²) in [5, 5.41) is 21.5. The van der Waals surface area contributed by atoms with E-state index in [0.29, 0.717) is 13.0 Å². The Labute approximate surface area is 202 Å². The SMILES string of the molecule is C[C@@H]([C@@H](O)c1ccccc1)N(C)C(=O)[C@@H](Cc1ccccc1)C[C@H](O)COCc1ccccc1. The molecule has 1 amide bonds. The molecule has 0 aliphatic heterocycles. The van der Waals surface area contributed by atoms with Gasteiger partial charge >= 0.3 is 0 Å². The quantitative estimate of drug-likeness (QED) is 0.420. The third-order valence-corrected chi connectivity index (χ3v) is 6.21. The minimum Gasteiger partial charge on any atom is -0.391 e. The van der Waals surface area contributed by atoms with E-state index in [4.69, 9.17) is 4.74 Å². The molecule has 180 valence electrons. The van der Waals surface area contributed by atoms with Gasteiger partial charge in [-0.25, -0.2) is 0 Å². The fourth-order valence-corrected chi connectivity index (χ4v) is 4.08. The fraction of sp³-hybridized carbons (Fsp3) is 0.345. The Kier molecular flexibility index (Phi) is 9.83. The van der Waals surface area contributed by atoms with Crippen molar-refractivity contribution in [3.8, 4) is 0 Å². The first kappa shape index (κ1) is 25.6. The molecular formula is C29H35NO4. The molecule has 0 spiro atoms. The molecule has 0 unspecified atom stereocenters. The number of hydrogen-bond acceptors (Lipinski definition) is 4. The van der Waals surface area contributed by atoms with Crippen molar-refractivity contribution in [1.82, 2.24) is 4.90 Å². The third-order valence-electron chi connectivity index (χ3n) is 6.21. The predicted octanol–water partition coefficient (Wildman–Crippen LogP) is 4.39. The molecule has 0 radical (unpaired) electrons. The maximum Gasteiger partial charge on any atom is 0.226 e. The molecule has 3 rings (SSSR count). The minimum atomic E-state index is -0.799. The Balaban J connectivity index is 1.65. The van der Waals surface area contributed by atoms with E-state index in [9.17, 15) is 15.0 Å². The molecule has 5 heteroatoms. The van der Waals surface area contributed by atoms with Crippen molar-refractivity contribution in [3.05, 3.63) is 108 Å². The molecule has 3 aromatic carbocycles. The van der Waals surface area contributed by atoms with Crippen molar-refractivity contribution in [2.45, 2.75) is 44.6 Å². The second-order valence-electron chi connectivity index (χ2n) is 8.82. The van der Waals surface area contributed by atoms with Gasteiger partial charge in [0.25, 0.3) is 0 Å². The van der Waals surface area contributed by atoms with Crippen molar-refractivity contribution in [3.63, 3.8) is 0 Å². The van der Waals surface area contributed by atoms with Crippen molar-refractivity contribution >= 4 is 5.91 Å². The van der Waals surface area contributed by atoms with Crippen LogP contribution in [0.1, 0.15) is 36.1 Å². The first-order valence-corrected chi connectivity index (χ1v) is 11.8. The third kappa shape index (κ3) is 7.52. The average Bonchev–Trinajstić information content (AvgIpc) is 2.88. The van der Waals surface area contributed by atoms with Crippen molar-refractivity contribution in [1.29, 1.82) is 0 Å². The molecular weight excluding hydrogens is 426 g/mol. The van der Waals surface area contributed by atoms with Crippen LogP contribution in [0.25, 0.3) is 0 Å². The van der Waals surface area contributed by atoms with Crippen molar-refractivity contribution in [2.24, 2.45) is 5.92 Å². The second-order valence-corrected chi connectivity index (χ2v) is 8.82. The van der Waals surface area contributed by atoms with Crippen LogP contribution in [0.3, 0.4) is 0 Å². The van der Waals surface area contributed by atoms with E-state index in [2.05, 4.69) is 0 Å². The van der Waals surface area contributed by atoms with Gasteiger partial charge in [0, 0.05) is 13.0 Å². The summed E-state index contributed by atoms with van der Waals surface area (Å²) in [7, 11) is 1.72. The smallest absolute Gasteiger partial charge is 0.226 e. The summed E-state index contributed by atoms with van der Waals surface area (Å²) in [4.78, 5) is 15.1. The maximum atomic E-state index is 13.5. The topological polar surface area (TPSA) is 70.0 Å². The summed E-state index contributed by atoms with van der Waals surface area (Å²) in [5.41, 5.74) is 2.83. The number of hydrogen-bond donors (Lipinski definition) is 2. The molecule has 0 saturated heterocycles. The monoisotopic (exact) mass is 461 g/mol. The number of ether oxygens (including phenoxy) is 1. The van der Waals surface area contributed by atoms with Gasteiger partial charge in [-0.3, -0.25) is 4.79 Å². The molecule has 5 nitrogen and oxygen atoms in total. The first-order valence-electron chi connectivity index (χ1n) is 11.8. The van der Waals surface area contributed by atoms with Crippen LogP contribution in [0.15, 0.2) is 91.0 Å². The Morgan fingerprint density at radius 1 is 0.853 bits per heavy atom. The fourth-order valence-electron chi connectivity index (χ4n) is 4.08. The zero-order valence-corrected chi connectivity index (χ0v) is 20.0. The average molecular weight is 462 g/mol. The molecule has 4 atom stereocenters. The highest BCUT2D eigenvalue weighted by molar-refractivity contribution is 5.79. The lowest BCUT2D eigenvalue weighted by Gasteiger charge is -2.33. The number of carbonyl (C=O) groups excluding carboxylic acids is 1. The number of amides is 1. The van der Waals surface area contributed by atoms with Crippen molar-refractivity contribution < 1.29 is 19.7 Å². The van der Waals surface area contributed by atoms with Crippen LogP contribution in [0.5, 0.6) is 0 Å². The second kappa shape index (κ2) is 13.0. The molecule has 0 saturated carbocycles. The van der Waals surface area contributed by atoms with E-state index >= 15 is 0 Å². The zero-order valence-electron chi connectivity index (χ0n) is 20.0. The molecule has 34 heavy (non-hydrogen) atoms. The van der Waals surface area contributed by atoms with Crippen LogP contribution in [0.2, 0.25) is 0 Å². The molecule has 0 aliphatic carbocycles. The van der Waals surface area contributed by atoms with Gasteiger partial charge in [-0.1, -0.05) is 91.0 Å². The summed E-state index contributed by atoms with van der Waals surface area (Å²) in [6.45, 7) is 2.41. The number of likely N-dealkylation sites (N-methyl/N-ethyl adjacent to an activating group) is 1. The van der Waals surface area contributed by atoms with Crippen LogP contribution in [0.4, 0.5) is 0 Å². The van der Waals surface area contributed by atoms with Crippen molar-refractivity contribution in [2.75, 3.05) is 13.7 Å². The molecule has 2 N–H and O–H groups in total. The van der Waals surface area contributed by atoms with Crippen LogP contribution in [-0.2, 0) is 22.6 Å². The van der Waals surface area contributed by atoms with E-state index in [-0.39, 0.29) is 18.9 Å². The predicted molar refractivity (Wildman–Crippen MR) is 134 cm³/mol. The van der Waals surface area contributed by atoms with Gasteiger partial charge in [-0.15, -0.1) is 0 Å². The standard InChI is InChI=1S/C29H35NO4/c1-22(28(32)25-16-10-5-11-17-25)30(2)29(33)26(18-23-12-6-3-7-13-23)19-27(31)21-34-20-24-14-8-4-9-15-24/h3-17,22,26-28,31-32H,18-21H2,1-2H3/t22-,26-,27-,28+/m0/s1. The molecule has 3 aromatic rings. The number of rotatable bonds is 12. The molecule has 0 aromatic heterocycles. The van der Waals surface area contributed by atoms with Crippen LogP contribution in [-0.4, -0.2) is 46.8 Å². The van der Waals surface area contributed by atoms with Gasteiger partial charge < -0.3 is 19.8 Å². The van der Waals surface area contributed by atoms with E-state index in [1.165, 1.54) is 0 Å². The van der Waals surface area contributed by atoms with Gasteiger partial charge in [-0.05, 0) is 36.5 Å². The molecule has 0 aliphatic rings. The van der Waals surface area contributed by atoms with Gasteiger partial charge in [0.05, 0.1) is 31.5 Å².